The summed E-state index contributed by atoms with van der Waals surface area (Å²) < 4.78 is 15.5. The van der Waals surface area contributed by atoms with Gasteiger partial charge >= 0.3 is 13.6 Å². The van der Waals surface area contributed by atoms with Crippen LogP contribution in [0.3, 0.4) is 0 Å². The first-order chi connectivity index (χ1) is 6.91. The SMILES string of the molecule is CCOC(=O)CC(CCC#N)P(=O)(O)O. The summed E-state index contributed by atoms with van der Waals surface area (Å²) in [4.78, 5) is 28.8. The predicted octanol–water partition coefficient (Wildman–Crippen LogP) is 0.790. The molecule has 0 aromatic carbocycles. The van der Waals surface area contributed by atoms with E-state index in [0.29, 0.717) is 0 Å². The topological polar surface area (TPSA) is 108 Å². The molecule has 0 rings (SSSR count). The Kier molecular flexibility index (Phi) is 6.18. The molecule has 0 aromatic rings. The van der Waals surface area contributed by atoms with E-state index in [9.17, 15) is 9.36 Å². The number of carbonyl (C=O) groups is 1. The Labute approximate surface area is 88.0 Å². The van der Waals surface area contributed by atoms with E-state index in [2.05, 4.69) is 4.74 Å². The van der Waals surface area contributed by atoms with Crippen molar-refractivity contribution in [3.05, 3.63) is 0 Å². The van der Waals surface area contributed by atoms with Crippen molar-refractivity contribution in [1.29, 1.82) is 5.26 Å². The van der Waals surface area contributed by atoms with Crippen molar-refractivity contribution in [2.45, 2.75) is 31.8 Å². The lowest BCUT2D eigenvalue weighted by Crippen LogP contribution is -2.16. The summed E-state index contributed by atoms with van der Waals surface area (Å²) in [7, 11) is -4.34. The molecule has 86 valence electrons. The van der Waals surface area contributed by atoms with Gasteiger partial charge in [0.15, 0.2) is 0 Å². The molecule has 15 heavy (non-hydrogen) atoms. The van der Waals surface area contributed by atoms with Gasteiger partial charge in [0.25, 0.3) is 0 Å². The van der Waals surface area contributed by atoms with Crippen LogP contribution in [-0.4, -0.2) is 28.0 Å². The number of esters is 1. The number of nitrogens with zero attached hydrogens (tertiary/aromatic N) is 1. The maximum Gasteiger partial charge on any atom is 0.329 e. The standard InChI is InChI=1S/C8H14NO5P/c1-2-14-8(10)6-7(4-3-5-9)15(11,12)13/h7H,2-4,6H2,1H3,(H2,11,12,13). The zero-order chi connectivity index (χ0) is 11.9. The van der Waals surface area contributed by atoms with E-state index < -0.39 is 19.2 Å². The minimum absolute atomic E-state index is 0.000405. The second kappa shape index (κ2) is 6.57. The summed E-state index contributed by atoms with van der Waals surface area (Å²) in [5, 5.41) is 8.30. The Bertz CT molecular complexity index is 292. The van der Waals surface area contributed by atoms with Crippen LogP contribution in [0.25, 0.3) is 0 Å². The van der Waals surface area contributed by atoms with Crippen LogP contribution in [-0.2, 0) is 14.1 Å². The molecule has 0 aliphatic rings. The molecule has 0 radical (unpaired) electrons. The van der Waals surface area contributed by atoms with Gasteiger partial charge in [-0.25, -0.2) is 0 Å². The van der Waals surface area contributed by atoms with Gasteiger partial charge in [0.05, 0.1) is 24.8 Å². The fourth-order valence-corrected chi connectivity index (χ4v) is 1.88. The van der Waals surface area contributed by atoms with Crippen LogP contribution in [0.5, 0.6) is 0 Å². The summed E-state index contributed by atoms with van der Waals surface area (Å²) in [6.45, 7) is 1.78. The van der Waals surface area contributed by atoms with Gasteiger partial charge in [0, 0.05) is 6.42 Å². The summed E-state index contributed by atoms with van der Waals surface area (Å²) in [6, 6.07) is 1.78. The lowest BCUT2D eigenvalue weighted by molar-refractivity contribution is -0.143. The third kappa shape index (κ3) is 6.24. The Hall–Kier alpha value is -0.890. The van der Waals surface area contributed by atoms with Crippen molar-refractivity contribution in [3.63, 3.8) is 0 Å². The number of carbonyl (C=O) groups excluding carboxylic acids is 1. The number of hydrogen-bond donors (Lipinski definition) is 2. The molecular formula is C8H14NO5P. The molecule has 0 fully saturated rings. The molecule has 0 bridgehead atoms. The van der Waals surface area contributed by atoms with Gasteiger partial charge < -0.3 is 14.5 Å². The molecule has 0 amide bonds. The molecule has 0 saturated carbocycles. The van der Waals surface area contributed by atoms with E-state index in [0.717, 1.165) is 0 Å². The van der Waals surface area contributed by atoms with Crippen LogP contribution < -0.4 is 0 Å². The first-order valence-corrected chi connectivity index (χ1v) is 6.17. The maximum atomic E-state index is 11.0. The van der Waals surface area contributed by atoms with Crippen LogP contribution in [0.15, 0.2) is 0 Å². The van der Waals surface area contributed by atoms with Crippen molar-refractivity contribution in [3.8, 4) is 6.07 Å². The highest BCUT2D eigenvalue weighted by Crippen LogP contribution is 2.45. The minimum atomic E-state index is -4.34. The highest BCUT2D eigenvalue weighted by Gasteiger charge is 2.30. The van der Waals surface area contributed by atoms with Gasteiger partial charge in [-0.2, -0.15) is 5.26 Å². The van der Waals surface area contributed by atoms with Gasteiger partial charge in [-0.1, -0.05) is 0 Å². The molecule has 2 N–H and O–H groups in total. The largest absolute Gasteiger partial charge is 0.466 e. The molecule has 0 aliphatic carbocycles. The molecule has 0 aromatic heterocycles. The maximum absolute atomic E-state index is 11.0. The van der Waals surface area contributed by atoms with Crippen LogP contribution in [0.1, 0.15) is 26.2 Å². The average molecular weight is 235 g/mol. The Balaban J connectivity index is 4.33. The number of hydrogen-bond acceptors (Lipinski definition) is 4. The van der Waals surface area contributed by atoms with E-state index in [-0.39, 0.29) is 25.9 Å². The predicted molar refractivity (Wildman–Crippen MR) is 51.9 cm³/mol. The van der Waals surface area contributed by atoms with Crippen LogP contribution in [0.2, 0.25) is 0 Å². The average Bonchev–Trinajstić information content (AvgIpc) is 2.10. The zero-order valence-corrected chi connectivity index (χ0v) is 9.31. The van der Waals surface area contributed by atoms with E-state index >= 15 is 0 Å². The van der Waals surface area contributed by atoms with Crippen molar-refractivity contribution in [2.75, 3.05) is 6.61 Å². The highest BCUT2D eigenvalue weighted by molar-refractivity contribution is 7.52. The van der Waals surface area contributed by atoms with E-state index in [1.54, 1.807) is 13.0 Å². The van der Waals surface area contributed by atoms with Crippen LogP contribution in [0.4, 0.5) is 0 Å². The molecule has 0 aliphatic heterocycles. The molecule has 0 heterocycles. The number of nitriles is 1. The van der Waals surface area contributed by atoms with Crippen LogP contribution in [0, 0.1) is 11.3 Å². The second-order valence-electron chi connectivity index (χ2n) is 2.95. The van der Waals surface area contributed by atoms with Crippen molar-refractivity contribution < 1.29 is 23.9 Å². The van der Waals surface area contributed by atoms with Gasteiger partial charge in [-0.3, -0.25) is 9.36 Å². The molecule has 1 atom stereocenters. The second-order valence-corrected chi connectivity index (χ2v) is 4.86. The first kappa shape index (κ1) is 14.1. The molecule has 6 nitrogen and oxygen atoms in total. The Morgan fingerprint density at radius 3 is 2.60 bits per heavy atom. The Morgan fingerprint density at radius 2 is 2.20 bits per heavy atom. The van der Waals surface area contributed by atoms with Gasteiger partial charge in [0.2, 0.25) is 0 Å². The number of rotatable bonds is 6. The third-order valence-corrected chi connectivity index (χ3v) is 3.16. The van der Waals surface area contributed by atoms with Crippen molar-refractivity contribution in [1.82, 2.24) is 0 Å². The van der Waals surface area contributed by atoms with E-state index in [4.69, 9.17) is 15.0 Å². The lowest BCUT2D eigenvalue weighted by atomic mass is 10.2. The molecule has 7 heteroatoms. The fraction of sp³-hybridized carbons (Fsp3) is 0.750. The molecule has 0 spiro atoms. The summed E-state index contributed by atoms with van der Waals surface area (Å²) in [5.41, 5.74) is -1.11. The molecule has 0 saturated heterocycles. The molecule has 1 unspecified atom stereocenters. The monoisotopic (exact) mass is 235 g/mol. The van der Waals surface area contributed by atoms with Gasteiger partial charge in [-0.05, 0) is 13.3 Å². The van der Waals surface area contributed by atoms with E-state index in [1.165, 1.54) is 0 Å². The van der Waals surface area contributed by atoms with Gasteiger partial charge in [0.1, 0.15) is 0 Å². The minimum Gasteiger partial charge on any atom is -0.466 e. The molecular weight excluding hydrogens is 221 g/mol. The summed E-state index contributed by atoms with van der Waals surface area (Å²) in [6.07, 6.45) is -0.339. The van der Waals surface area contributed by atoms with Gasteiger partial charge in [-0.15, -0.1) is 0 Å². The van der Waals surface area contributed by atoms with Crippen molar-refractivity contribution in [2.24, 2.45) is 0 Å². The Morgan fingerprint density at radius 1 is 1.60 bits per heavy atom. The zero-order valence-electron chi connectivity index (χ0n) is 8.42. The number of ether oxygens (including phenoxy) is 1. The summed E-state index contributed by atoms with van der Waals surface area (Å²) in [5.74, 6) is -0.649. The quantitative estimate of drug-likeness (QED) is 0.520. The fourth-order valence-electron chi connectivity index (χ4n) is 1.03. The van der Waals surface area contributed by atoms with Crippen molar-refractivity contribution >= 4 is 13.6 Å². The first-order valence-electron chi connectivity index (χ1n) is 4.49. The lowest BCUT2D eigenvalue weighted by Gasteiger charge is -2.15. The van der Waals surface area contributed by atoms with Crippen LogP contribution >= 0.6 is 7.60 Å². The smallest absolute Gasteiger partial charge is 0.329 e. The van der Waals surface area contributed by atoms with E-state index in [1.807, 2.05) is 0 Å². The highest BCUT2D eigenvalue weighted by atomic mass is 31.2. The third-order valence-electron chi connectivity index (χ3n) is 1.77. The normalized spacial score (nSPS) is 12.9. The summed E-state index contributed by atoms with van der Waals surface area (Å²) >= 11 is 0.